The van der Waals surface area contributed by atoms with Crippen LogP contribution in [0, 0.1) is 0 Å². The maximum Gasteiger partial charge on any atom is 0.326 e. The van der Waals surface area contributed by atoms with E-state index in [1.807, 2.05) is 0 Å². The summed E-state index contributed by atoms with van der Waals surface area (Å²) < 4.78 is 5.12. The lowest BCUT2D eigenvalue weighted by Crippen LogP contribution is -2.46. The summed E-state index contributed by atoms with van der Waals surface area (Å²) in [5.41, 5.74) is 1.14. The number of rotatable bonds is 2. The quantitative estimate of drug-likeness (QED) is 0.759. The van der Waals surface area contributed by atoms with Crippen molar-refractivity contribution in [3.05, 3.63) is 29.3 Å². The topological polar surface area (TPSA) is 75.6 Å². The van der Waals surface area contributed by atoms with Gasteiger partial charge in [0.2, 0.25) is 0 Å². The molecular formula is C11H11NO4. The average Bonchev–Trinajstić information content (AvgIpc) is 2.28. The van der Waals surface area contributed by atoms with E-state index in [2.05, 4.69) is 5.32 Å². The van der Waals surface area contributed by atoms with Crippen LogP contribution < -0.4 is 10.1 Å². The highest BCUT2D eigenvalue weighted by atomic mass is 16.5. The fourth-order valence-electron chi connectivity index (χ4n) is 1.82. The second kappa shape index (κ2) is 3.84. The van der Waals surface area contributed by atoms with Crippen LogP contribution in [0.2, 0.25) is 0 Å². The minimum atomic E-state index is -1.04. The first-order valence-electron chi connectivity index (χ1n) is 4.83. The van der Waals surface area contributed by atoms with Crippen molar-refractivity contribution in [2.45, 2.75) is 12.5 Å². The van der Waals surface area contributed by atoms with Crippen LogP contribution in [0.25, 0.3) is 0 Å². The molecule has 0 spiro atoms. The lowest BCUT2D eigenvalue weighted by atomic mass is 9.94. The number of aliphatic carboxylic acids is 1. The van der Waals surface area contributed by atoms with Crippen molar-refractivity contribution in [3.63, 3.8) is 0 Å². The summed E-state index contributed by atoms with van der Waals surface area (Å²) in [7, 11) is 1.50. The van der Waals surface area contributed by atoms with Gasteiger partial charge in [0.15, 0.2) is 0 Å². The van der Waals surface area contributed by atoms with Gasteiger partial charge in [0.1, 0.15) is 11.8 Å². The molecule has 1 aliphatic rings. The lowest BCUT2D eigenvalue weighted by Gasteiger charge is -2.23. The van der Waals surface area contributed by atoms with E-state index >= 15 is 0 Å². The molecule has 0 radical (unpaired) electrons. The number of methoxy groups -OCH3 is 1. The molecule has 1 amide bonds. The second-order valence-corrected chi connectivity index (χ2v) is 3.55. The van der Waals surface area contributed by atoms with E-state index in [1.165, 1.54) is 7.11 Å². The van der Waals surface area contributed by atoms with Gasteiger partial charge in [-0.1, -0.05) is 6.07 Å². The highest BCUT2D eigenvalue weighted by molar-refractivity contribution is 6.00. The van der Waals surface area contributed by atoms with Gasteiger partial charge in [0.05, 0.1) is 7.11 Å². The molecule has 1 atom stereocenters. The lowest BCUT2D eigenvalue weighted by molar-refractivity contribution is -0.139. The first-order chi connectivity index (χ1) is 7.63. The van der Waals surface area contributed by atoms with Gasteiger partial charge in [0.25, 0.3) is 5.91 Å². The molecule has 5 nitrogen and oxygen atoms in total. The van der Waals surface area contributed by atoms with Crippen LogP contribution in [0.3, 0.4) is 0 Å². The van der Waals surface area contributed by atoms with Gasteiger partial charge in [0, 0.05) is 17.5 Å². The Balaban J connectivity index is 2.46. The molecule has 1 aromatic carbocycles. The fraction of sp³-hybridized carbons (Fsp3) is 0.273. The van der Waals surface area contributed by atoms with Gasteiger partial charge < -0.3 is 15.2 Å². The minimum absolute atomic E-state index is 0.250. The summed E-state index contributed by atoms with van der Waals surface area (Å²) in [6.45, 7) is 0. The van der Waals surface area contributed by atoms with E-state index < -0.39 is 12.0 Å². The van der Waals surface area contributed by atoms with Crippen molar-refractivity contribution < 1.29 is 19.4 Å². The molecule has 2 rings (SSSR count). The van der Waals surface area contributed by atoms with Gasteiger partial charge in [-0.15, -0.1) is 0 Å². The van der Waals surface area contributed by atoms with Crippen molar-refractivity contribution in [2.75, 3.05) is 7.11 Å². The van der Waals surface area contributed by atoms with Crippen LogP contribution in [-0.4, -0.2) is 30.1 Å². The zero-order chi connectivity index (χ0) is 11.7. The fourth-order valence-corrected chi connectivity index (χ4v) is 1.82. The maximum absolute atomic E-state index is 11.6. The van der Waals surface area contributed by atoms with Gasteiger partial charge in [-0.25, -0.2) is 4.79 Å². The number of benzene rings is 1. The SMILES string of the molecule is COc1cccc2c1C[C@H](C(=O)O)NC2=O. The van der Waals surface area contributed by atoms with Crippen molar-refractivity contribution in [3.8, 4) is 5.75 Å². The number of ether oxygens (including phenoxy) is 1. The Bertz CT molecular complexity index is 455. The van der Waals surface area contributed by atoms with Crippen LogP contribution in [0.1, 0.15) is 15.9 Å². The van der Waals surface area contributed by atoms with E-state index in [9.17, 15) is 9.59 Å². The molecule has 0 aliphatic carbocycles. The summed E-state index contributed by atoms with van der Waals surface area (Å²) in [6.07, 6.45) is 0.250. The highest BCUT2D eigenvalue weighted by Gasteiger charge is 2.30. The van der Waals surface area contributed by atoms with Crippen molar-refractivity contribution >= 4 is 11.9 Å². The molecule has 1 heterocycles. The van der Waals surface area contributed by atoms with E-state index in [0.717, 1.165) is 0 Å². The Morgan fingerprint density at radius 3 is 2.94 bits per heavy atom. The summed E-state index contributed by atoms with van der Waals surface area (Å²) in [5, 5.41) is 11.3. The summed E-state index contributed by atoms with van der Waals surface area (Å²) in [6, 6.07) is 4.20. The molecule has 0 saturated heterocycles. The van der Waals surface area contributed by atoms with Crippen LogP contribution >= 0.6 is 0 Å². The Kier molecular flexibility index (Phi) is 2.52. The first-order valence-corrected chi connectivity index (χ1v) is 4.83. The Morgan fingerprint density at radius 2 is 2.31 bits per heavy atom. The van der Waals surface area contributed by atoms with Crippen LogP contribution in [-0.2, 0) is 11.2 Å². The van der Waals surface area contributed by atoms with Gasteiger partial charge in [-0.2, -0.15) is 0 Å². The number of fused-ring (bicyclic) bond motifs is 1. The number of carboxylic acid groups (broad SMARTS) is 1. The molecule has 84 valence electrons. The monoisotopic (exact) mass is 221 g/mol. The largest absolute Gasteiger partial charge is 0.496 e. The third kappa shape index (κ3) is 1.60. The van der Waals surface area contributed by atoms with Gasteiger partial charge in [-0.05, 0) is 12.1 Å². The number of amides is 1. The molecule has 0 unspecified atom stereocenters. The predicted octanol–water partition coefficient (Wildman–Crippen LogP) is 0.434. The number of hydrogen-bond acceptors (Lipinski definition) is 3. The molecule has 0 fully saturated rings. The third-order valence-electron chi connectivity index (χ3n) is 2.61. The number of carbonyl (C=O) groups excluding carboxylic acids is 1. The Labute approximate surface area is 92.0 Å². The van der Waals surface area contributed by atoms with Crippen molar-refractivity contribution in [1.82, 2.24) is 5.32 Å². The van der Waals surface area contributed by atoms with Crippen LogP contribution in [0.15, 0.2) is 18.2 Å². The molecule has 5 heteroatoms. The molecule has 16 heavy (non-hydrogen) atoms. The van der Waals surface area contributed by atoms with E-state index in [0.29, 0.717) is 16.9 Å². The smallest absolute Gasteiger partial charge is 0.326 e. The molecule has 0 saturated carbocycles. The molecular weight excluding hydrogens is 210 g/mol. The minimum Gasteiger partial charge on any atom is -0.496 e. The summed E-state index contributed by atoms with van der Waals surface area (Å²) in [5.74, 6) is -0.851. The summed E-state index contributed by atoms with van der Waals surface area (Å²) in [4.78, 5) is 22.5. The molecule has 1 aliphatic heterocycles. The van der Waals surface area contributed by atoms with Crippen LogP contribution in [0.4, 0.5) is 0 Å². The molecule has 1 aromatic rings. The normalized spacial score (nSPS) is 18.6. The molecule has 0 aromatic heterocycles. The Morgan fingerprint density at radius 1 is 1.56 bits per heavy atom. The zero-order valence-corrected chi connectivity index (χ0v) is 8.69. The van der Waals surface area contributed by atoms with E-state index in [-0.39, 0.29) is 12.3 Å². The highest BCUT2D eigenvalue weighted by Crippen LogP contribution is 2.26. The maximum atomic E-state index is 11.6. The standard InChI is InChI=1S/C11H11NO4/c1-16-9-4-2-3-6-7(9)5-8(11(14)15)12-10(6)13/h2-4,8H,5H2,1H3,(H,12,13)(H,14,15)/t8-/m1/s1. The predicted molar refractivity (Wildman–Crippen MR) is 55.6 cm³/mol. The number of carbonyl (C=O) groups is 2. The zero-order valence-electron chi connectivity index (χ0n) is 8.69. The molecule has 2 N–H and O–H groups in total. The van der Waals surface area contributed by atoms with E-state index in [4.69, 9.17) is 9.84 Å². The van der Waals surface area contributed by atoms with Crippen LogP contribution in [0.5, 0.6) is 5.75 Å². The third-order valence-corrected chi connectivity index (χ3v) is 2.61. The number of nitrogens with one attached hydrogen (secondary N) is 1. The van der Waals surface area contributed by atoms with Crippen molar-refractivity contribution in [2.24, 2.45) is 0 Å². The van der Waals surface area contributed by atoms with Gasteiger partial charge >= 0.3 is 5.97 Å². The van der Waals surface area contributed by atoms with Crippen molar-refractivity contribution in [1.29, 1.82) is 0 Å². The summed E-state index contributed by atoms with van der Waals surface area (Å²) >= 11 is 0. The van der Waals surface area contributed by atoms with Gasteiger partial charge in [-0.3, -0.25) is 4.79 Å². The van der Waals surface area contributed by atoms with E-state index in [1.54, 1.807) is 18.2 Å². The molecule has 0 bridgehead atoms. The first kappa shape index (κ1) is 10.5. The second-order valence-electron chi connectivity index (χ2n) is 3.55. The number of carboxylic acids is 1. The average molecular weight is 221 g/mol. The number of hydrogen-bond donors (Lipinski definition) is 2. The Hall–Kier alpha value is -2.04.